The van der Waals surface area contributed by atoms with Crippen LogP contribution in [0.1, 0.15) is 49.3 Å². The summed E-state index contributed by atoms with van der Waals surface area (Å²) < 4.78 is 5.42. The minimum atomic E-state index is -0.402. The van der Waals surface area contributed by atoms with Crippen LogP contribution in [0.3, 0.4) is 0 Å². The van der Waals surface area contributed by atoms with Gasteiger partial charge in [-0.25, -0.2) is 0 Å². The zero-order valence-corrected chi connectivity index (χ0v) is 14.3. The first-order valence-electron chi connectivity index (χ1n) is 8.44. The summed E-state index contributed by atoms with van der Waals surface area (Å²) in [5.74, 6) is -0.0996. The molecular weight excluding hydrogens is 320 g/mol. The second-order valence-electron chi connectivity index (χ2n) is 6.89. The van der Waals surface area contributed by atoms with Crippen LogP contribution in [0.4, 0.5) is 0 Å². The highest BCUT2D eigenvalue weighted by Crippen LogP contribution is 2.49. The van der Waals surface area contributed by atoms with Crippen molar-refractivity contribution in [3.8, 4) is 23.0 Å². The van der Waals surface area contributed by atoms with Crippen LogP contribution in [0, 0.1) is 5.92 Å². The first kappa shape index (κ1) is 17.1. The number of carbonyl (C=O) groups is 1. The molecule has 0 saturated heterocycles. The average Bonchev–Trinajstić information content (AvgIpc) is 2.54. The maximum atomic E-state index is 12.2. The Balaban J connectivity index is 2.12. The molecule has 1 unspecified atom stereocenters. The molecule has 0 radical (unpaired) electrons. The molecule has 2 aromatic carbocycles. The lowest BCUT2D eigenvalue weighted by molar-refractivity contribution is -0.135. The van der Waals surface area contributed by atoms with Gasteiger partial charge in [-0.15, -0.1) is 0 Å². The van der Waals surface area contributed by atoms with Crippen molar-refractivity contribution >= 4 is 5.97 Å². The van der Waals surface area contributed by atoms with Gasteiger partial charge < -0.3 is 20.1 Å². The summed E-state index contributed by atoms with van der Waals surface area (Å²) >= 11 is 0. The van der Waals surface area contributed by atoms with Crippen molar-refractivity contribution in [2.75, 3.05) is 0 Å². The molecule has 0 spiro atoms. The molecule has 5 heteroatoms. The Morgan fingerprint density at radius 1 is 1.12 bits per heavy atom. The number of hydrogen-bond donors (Lipinski definition) is 3. The second kappa shape index (κ2) is 6.67. The fourth-order valence-electron chi connectivity index (χ4n) is 3.23. The van der Waals surface area contributed by atoms with Crippen molar-refractivity contribution in [1.29, 1.82) is 0 Å². The van der Waals surface area contributed by atoms with E-state index in [0.29, 0.717) is 23.5 Å². The topological polar surface area (TPSA) is 87.0 Å². The van der Waals surface area contributed by atoms with Crippen molar-refractivity contribution in [3.05, 3.63) is 47.0 Å². The van der Waals surface area contributed by atoms with Crippen molar-refractivity contribution in [2.24, 2.45) is 5.92 Å². The van der Waals surface area contributed by atoms with Gasteiger partial charge in [-0.1, -0.05) is 26.0 Å². The monoisotopic (exact) mass is 342 g/mol. The number of phenolic OH excluding ortho intramolecular Hbond substituents is 3. The number of ether oxygens (including phenoxy) is 1. The Morgan fingerprint density at radius 2 is 1.80 bits per heavy atom. The zero-order chi connectivity index (χ0) is 18.1. The molecule has 5 nitrogen and oxygen atoms in total. The minimum Gasteiger partial charge on any atom is -0.508 e. The van der Waals surface area contributed by atoms with Gasteiger partial charge in [-0.3, -0.25) is 4.79 Å². The predicted octanol–water partition coefficient (Wildman–Crippen LogP) is 3.83. The number of carbonyl (C=O) groups excluding carboxylic acids is 1. The van der Waals surface area contributed by atoms with Crippen molar-refractivity contribution in [1.82, 2.24) is 0 Å². The molecule has 3 rings (SSSR count). The minimum absolute atomic E-state index is 0.0592. The highest BCUT2D eigenvalue weighted by molar-refractivity contribution is 5.80. The van der Waals surface area contributed by atoms with E-state index in [4.69, 9.17) is 4.74 Å². The summed E-state index contributed by atoms with van der Waals surface area (Å²) in [6.45, 7) is 4.16. The number of aromatic hydroxyl groups is 3. The molecule has 0 bridgehead atoms. The maximum Gasteiger partial charge on any atom is 0.312 e. The number of fused-ring (bicyclic) bond motifs is 1. The van der Waals surface area contributed by atoms with Crippen LogP contribution >= 0.6 is 0 Å². The largest absolute Gasteiger partial charge is 0.508 e. The first-order chi connectivity index (χ1) is 11.9. The highest BCUT2D eigenvalue weighted by Gasteiger charge is 2.34. The molecule has 25 heavy (non-hydrogen) atoms. The summed E-state index contributed by atoms with van der Waals surface area (Å²) in [4.78, 5) is 12.2. The summed E-state index contributed by atoms with van der Waals surface area (Å²) in [5, 5.41) is 30.2. The third-order valence-corrected chi connectivity index (χ3v) is 4.58. The summed E-state index contributed by atoms with van der Waals surface area (Å²) in [6.07, 6.45) is 1.48. The Hall–Kier alpha value is -2.69. The van der Waals surface area contributed by atoms with Gasteiger partial charge in [0.1, 0.15) is 23.0 Å². The van der Waals surface area contributed by atoms with Crippen LogP contribution in [0.5, 0.6) is 23.0 Å². The van der Waals surface area contributed by atoms with Gasteiger partial charge >= 0.3 is 5.97 Å². The van der Waals surface area contributed by atoms with Crippen LogP contribution in [0.15, 0.2) is 30.3 Å². The first-order valence-corrected chi connectivity index (χ1v) is 8.44. The van der Waals surface area contributed by atoms with Crippen LogP contribution < -0.4 is 4.74 Å². The number of phenols is 3. The molecule has 0 amide bonds. The molecule has 1 heterocycles. The van der Waals surface area contributed by atoms with Crippen LogP contribution in [-0.4, -0.2) is 21.3 Å². The third kappa shape index (κ3) is 3.40. The van der Waals surface area contributed by atoms with Gasteiger partial charge in [0.05, 0.1) is 6.42 Å². The van der Waals surface area contributed by atoms with E-state index in [1.54, 1.807) is 24.3 Å². The fourth-order valence-corrected chi connectivity index (χ4v) is 3.23. The van der Waals surface area contributed by atoms with Gasteiger partial charge in [0.2, 0.25) is 0 Å². The molecular formula is C20H22O5. The fraction of sp³-hybridized carbons (Fsp3) is 0.350. The lowest BCUT2D eigenvalue weighted by Gasteiger charge is -2.28. The number of rotatable bonds is 4. The van der Waals surface area contributed by atoms with Crippen LogP contribution in [0.2, 0.25) is 0 Å². The van der Waals surface area contributed by atoms with Crippen LogP contribution in [0.25, 0.3) is 0 Å². The van der Waals surface area contributed by atoms with E-state index in [1.807, 2.05) is 0 Å². The maximum absolute atomic E-state index is 12.2. The molecule has 132 valence electrons. The molecule has 0 saturated carbocycles. The van der Waals surface area contributed by atoms with Gasteiger partial charge in [-0.2, -0.15) is 0 Å². The van der Waals surface area contributed by atoms with E-state index in [1.165, 1.54) is 6.07 Å². The van der Waals surface area contributed by atoms with E-state index in [0.717, 1.165) is 12.0 Å². The van der Waals surface area contributed by atoms with Gasteiger partial charge in [0.15, 0.2) is 0 Å². The normalized spacial score (nSPS) is 16.6. The standard InChI is InChI=1S/C20H22O5/c1-11(2)3-8-14-16(22)10-17(23)19-15(9-18(24)25-20(14)19)12-4-6-13(21)7-5-12/h4-7,10-11,15,21-23H,3,8-9H2,1-2H3. The van der Waals surface area contributed by atoms with Gasteiger partial charge in [-0.05, 0) is 36.5 Å². The molecule has 1 aliphatic rings. The molecule has 1 atom stereocenters. The SMILES string of the molecule is CC(C)CCc1c(O)cc(O)c2c1OC(=O)CC2c1ccc(O)cc1. The number of esters is 1. The zero-order valence-electron chi connectivity index (χ0n) is 14.3. The quantitative estimate of drug-likeness (QED) is 0.580. The summed E-state index contributed by atoms with van der Waals surface area (Å²) in [6, 6.07) is 7.87. The number of benzene rings is 2. The van der Waals surface area contributed by atoms with E-state index >= 15 is 0 Å². The van der Waals surface area contributed by atoms with E-state index < -0.39 is 5.97 Å². The van der Waals surface area contributed by atoms with Crippen LogP contribution in [-0.2, 0) is 11.2 Å². The van der Waals surface area contributed by atoms with Crippen molar-refractivity contribution < 1.29 is 24.9 Å². The van der Waals surface area contributed by atoms with E-state index in [-0.39, 0.29) is 35.3 Å². The third-order valence-electron chi connectivity index (χ3n) is 4.58. The van der Waals surface area contributed by atoms with Crippen molar-refractivity contribution in [3.63, 3.8) is 0 Å². The molecule has 2 aromatic rings. The molecule has 0 aromatic heterocycles. The second-order valence-corrected chi connectivity index (χ2v) is 6.89. The molecule has 1 aliphatic heterocycles. The lowest BCUT2D eigenvalue weighted by Crippen LogP contribution is -2.22. The predicted molar refractivity (Wildman–Crippen MR) is 93.1 cm³/mol. The highest BCUT2D eigenvalue weighted by atomic mass is 16.5. The Labute approximate surface area is 146 Å². The van der Waals surface area contributed by atoms with Gasteiger partial charge in [0.25, 0.3) is 0 Å². The Kier molecular flexibility index (Phi) is 4.57. The average molecular weight is 342 g/mol. The van der Waals surface area contributed by atoms with E-state index in [2.05, 4.69) is 13.8 Å². The lowest BCUT2D eigenvalue weighted by atomic mass is 9.83. The summed E-state index contributed by atoms with van der Waals surface area (Å²) in [7, 11) is 0. The Morgan fingerprint density at radius 3 is 2.44 bits per heavy atom. The van der Waals surface area contributed by atoms with E-state index in [9.17, 15) is 20.1 Å². The molecule has 3 N–H and O–H groups in total. The number of hydrogen-bond acceptors (Lipinski definition) is 5. The summed E-state index contributed by atoms with van der Waals surface area (Å²) in [5.41, 5.74) is 1.87. The smallest absolute Gasteiger partial charge is 0.312 e. The molecule has 0 aliphatic carbocycles. The Bertz CT molecular complexity index is 793. The van der Waals surface area contributed by atoms with Crippen molar-refractivity contribution in [2.45, 2.75) is 39.0 Å². The molecule has 0 fully saturated rings. The van der Waals surface area contributed by atoms with Gasteiger partial charge in [0, 0.05) is 23.1 Å².